The van der Waals surface area contributed by atoms with Gasteiger partial charge in [0.2, 0.25) is 0 Å². The van der Waals surface area contributed by atoms with E-state index in [1.165, 1.54) is 0 Å². The fourth-order valence-corrected chi connectivity index (χ4v) is 1.91. The Bertz CT molecular complexity index is 316. The highest BCUT2D eigenvalue weighted by atomic mass is 19.4. The number of rotatable bonds is 3. The van der Waals surface area contributed by atoms with Crippen molar-refractivity contribution in [2.45, 2.75) is 31.7 Å². The third kappa shape index (κ3) is 3.83. The number of piperazine rings is 1. The number of nitrogens with zero attached hydrogens (tertiary/aromatic N) is 3. The van der Waals surface area contributed by atoms with Gasteiger partial charge in [0.15, 0.2) is 6.10 Å². The molecular weight excluding hydrogens is 247 g/mol. The van der Waals surface area contributed by atoms with Crippen LogP contribution in [0.1, 0.15) is 13.8 Å². The van der Waals surface area contributed by atoms with Crippen LogP contribution in [0.15, 0.2) is 0 Å². The molecule has 0 aromatic carbocycles. The van der Waals surface area contributed by atoms with Crippen molar-refractivity contribution in [3.05, 3.63) is 0 Å². The van der Waals surface area contributed by atoms with Crippen molar-refractivity contribution in [1.82, 2.24) is 9.80 Å². The summed E-state index contributed by atoms with van der Waals surface area (Å²) in [6.45, 7) is 5.09. The summed E-state index contributed by atoms with van der Waals surface area (Å²) in [6, 6.07) is 2.17. The van der Waals surface area contributed by atoms with Crippen LogP contribution in [0.5, 0.6) is 0 Å². The van der Waals surface area contributed by atoms with E-state index in [9.17, 15) is 13.2 Å². The molecule has 1 fully saturated rings. The molecule has 7 heteroatoms. The molecule has 104 valence electrons. The summed E-state index contributed by atoms with van der Waals surface area (Å²) in [5, 5.41) is 17.9. The first-order valence-electron chi connectivity index (χ1n) is 5.80. The van der Waals surface area contributed by atoms with Crippen LogP contribution < -0.4 is 0 Å². The summed E-state index contributed by atoms with van der Waals surface area (Å²) < 4.78 is 36.6. The molecule has 1 aliphatic rings. The fraction of sp³-hybridized carbons (Fsp3) is 0.909. The number of aliphatic hydroxyl groups excluding tert-OH is 1. The van der Waals surface area contributed by atoms with Gasteiger partial charge in [-0.25, -0.2) is 0 Å². The standard InChI is InChI=1S/C11H18F3N3O/c1-10(2,8-15)17-5-3-16(4-6-17)7-9(18)11(12,13)14/h9,18H,3-7H2,1-2H3. The molecule has 1 heterocycles. The third-order valence-corrected chi connectivity index (χ3v) is 3.25. The monoisotopic (exact) mass is 265 g/mol. The molecule has 0 amide bonds. The highest BCUT2D eigenvalue weighted by Crippen LogP contribution is 2.22. The van der Waals surface area contributed by atoms with Crippen LogP contribution in [0.3, 0.4) is 0 Å². The number of nitriles is 1. The van der Waals surface area contributed by atoms with Gasteiger partial charge in [-0.05, 0) is 13.8 Å². The van der Waals surface area contributed by atoms with Gasteiger partial charge in [-0.1, -0.05) is 0 Å². The Labute approximate surface area is 105 Å². The lowest BCUT2D eigenvalue weighted by Crippen LogP contribution is -2.55. The number of β-amino-alcohol motifs (C(OH)–C–C–N with tert-alkyl or cyclic N) is 1. The Hall–Kier alpha value is -0.840. The van der Waals surface area contributed by atoms with Crippen LogP contribution >= 0.6 is 0 Å². The summed E-state index contributed by atoms with van der Waals surface area (Å²) >= 11 is 0. The zero-order valence-electron chi connectivity index (χ0n) is 10.5. The van der Waals surface area contributed by atoms with Gasteiger partial charge in [0.25, 0.3) is 0 Å². The largest absolute Gasteiger partial charge is 0.415 e. The van der Waals surface area contributed by atoms with Gasteiger partial charge in [0.1, 0.15) is 5.54 Å². The zero-order chi connectivity index (χ0) is 14.0. The molecule has 18 heavy (non-hydrogen) atoms. The zero-order valence-corrected chi connectivity index (χ0v) is 10.5. The molecule has 4 nitrogen and oxygen atoms in total. The Balaban J connectivity index is 2.44. The Morgan fingerprint density at radius 2 is 1.72 bits per heavy atom. The second kappa shape index (κ2) is 5.43. The third-order valence-electron chi connectivity index (χ3n) is 3.25. The number of halogens is 3. The first-order valence-corrected chi connectivity index (χ1v) is 5.80. The second-order valence-electron chi connectivity index (χ2n) is 5.02. The molecule has 0 aliphatic carbocycles. The number of hydrogen-bond acceptors (Lipinski definition) is 4. The van der Waals surface area contributed by atoms with E-state index in [1.807, 2.05) is 4.90 Å². The van der Waals surface area contributed by atoms with Crippen molar-refractivity contribution in [2.75, 3.05) is 32.7 Å². The van der Waals surface area contributed by atoms with E-state index >= 15 is 0 Å². The molecule has 0 aromatic heterocycles. The summed E-state index contributed by atoms with van der Waals surface area (Å²) in [5.74, 6) is 0. The van der Waals surface area contributed by atoms with Crippen LogP contribution in [0.4, 0.5) is 13.2 Å². The van der Waals surface area contributed by atoms with E-state index in [0.717, 1.165) is 0 Å². The van der Waals surface area contributed by atoms with E-state index in [4.69, 9.17) is 10.4 Å². The molecule has 1 atom stereocenters. The Kier molecular flexibility index (Phi) is 4.59. The minimum atomic E-state index is -4.57. The van der Waals surface area contributed by atoms with Gasteiger partial charge in [0, 0.05) is 32.7 Å². The number of hydrogen-bond donors (Lipinski definition) is 1. The molecule has 0 aromatic rings. The lowest BCUT2D eigenvalue weighted by atomic mass is 10.0. The lowest BCUT2D eigenvalue weighted by Gasteiger charge is -2.41. The predicted octanol–water partition coefficient (Wildman–Crippen LogP) is 0.829. The van der Waals surface area contributed by atoms with Crippen molar-refractivity contribution >= 4 is 0 Å². The highest BCUT2D eigenvalue weighted by Gasteiger charge is 2.40. The number of aliphatic hydroxyl groups is 1. The fourth-order valence-electron chi connectivity index (χ4n) is 1.91. The van der Waals surface area contributed by atoms with E-state index in [1.54, 1.807) is 18.7 Å². The predicted molar refractivity (Wildman–Crippen MR) is 59.8 cm³/mol. The van der Waals surface area contributed by atoms with Crippen LogP contribution in [0.2, 0.25) is 0 Å². The average Bonchev–Trinajstić information content (AvgIpc) is 2.28. The SMILES string of the molecule is CC(C)(C#N)N1CCN(CC(O)C(F)(F)F)CC1. The maximum Gasteiger partial charge on any atom is 0.415 e. The quantitative estimate of drug-likeness (QED) is 0.821. The molecule has 1 rings (SSSR count). The normalized spacial score (nSPS) is 21.6. The van der Waals surface area contributed by atoms with Crippen LogP contribution in [-0.2, 0) is 0 Å². The summed E-state index contributed by atoms with van der Waals surface area (Å²) in [5.41, 5.74) is -0.602. The molecule has 1 N–H and O–H groups in total. The van der Waals surface area contributed by atoms with Crippen LogP contribution in [0, 0.1) is 11.3 Å². The second-order valence-corrected chi connectivity index (χ2v) is 5.02. The van der Waals surface area contributed by atoms with Crippen molar-refractivity contribution < 1.29 is 18.3 Å². The van der Waals surface area contributed by atoms with Gasteiger partial charge >= 0.3 is 6.18 Å². The Morgan fingerprint density at radius 1 is 1.22 bits per heavy atom. The van der Waals surface area contributed by atoms with Gasteiger partial charge in [-0.15, -0.1) is 0 Å². The van der Waals surface area contributed by atoms with Crippen molar-refractivity contribution in [3.63, 3.8) is 0 Å². The molecule has 0 bridgehead atoms. The maximum absolute atomic E-state index is 12.2. The molecule has 1 unspecified atom stereocenters. The van der Waals surface area contributed by atoms with E-state index in [0.29, 0.717) is 26.2 Å². The number of alkyl halides is 3. The lowest BCUT2D eigenvalue weighted by molar-refractivity contribution is -0.209. The molecule has 0 spiro atoms. The Morgan fingerprint density at radius 3 is 2.11 bits per heavy atom. The smallest absolute Gasteiger partial charge is 0.382 e. The van der Waals surface area contributed by atoms with Crippen molar-refractivity contribution in [2.24, 2.45) is 0 Å². The minimum Gasteiger partial charge on any atom is -0.382 e. The molecule has 0 saturated carbocycles. The molecule has 0 radical (unpaired) electrons. The molecule has 1 saturated heterocycles. The molecule has 1 aliphatic heterocycles. The van der Waals surface area contributed by atoms with E-state index in [-0.39, 0.29) is 0 Å². The summed E-state index contributed by atoms with van der Waals surface area (Å²) in [7, 11) is 0. The molecular formula is C11H18F3N3O. The van der Waals surface area contributed by atoms with Crippen LogP contribution in [0.25, 0.3) is 0 Å². The summed E-state index contributed by atoms with van der Waals surface area (Å²) in [4.78, 5) is 3.51. The van der Waals surface area contributed by atoms with E-state index in [2.05, 4.69) is 6.07 Å². The van der Waals surface area contributed by atoms with Gasteiger partial charge in [-0.3, -0.25) is 9.80 Å². The topological polar surface area (TPSA) is 50.5 Å². The first-order chi connectivity index (χ1) is 8.16. The van der Waals surface area contributed by atoms with Crippen LogP contribution in [-0.4, -0.2) is 65.4 Å². The minimum absolute atomic E-state index is 0.398. The summed E-state index contributed by atoms with van der Waals surface area (Å²) in [6.07, 6.45) is -6.86. The van der Waals surface area contributed by atoms with Crippen molar-refractivity contribution in [3.8, 4) is 6.07 Å². The van der Waals surface area contributed by atoms with Gasteiger partial charge < -0.3 is 5.11 Å². The van der Waals surface area contributed by atoms with E-state index < -0.39 is 24.4 Å². The van der Waals surface area contributed by atoms with Gasteiger partial charge in [-0.2, -0.15) is 18.4 Å². The van der Waals surface area contributed by atoms with Gasteiger partial charge in [0.05, 0.1) is 6.07 Å². The first kappa shape index (κ1) is 15.2. The maximum atomic E-state index is 12.2. The van der Waals surface area contributed by atoms with Crippen molar-refractivity contribution in [1.29, 1.82) is 5.26 Å². The average molecular weight is 265 g/mol. The highest BCUT2D eigenvalue weighted by molar-refractivity contribution is 5.02.